The molecule has 1 aromatic carbocycles. The van der Waals surface area contributed by atoms with Crippen LogP contribution < -0.4 is 20.9 Å². The van der Waals surface area contributed by atoms with Crippen molar-refractivity contribution in [3.63, 3.8) is 0 Å². The molecule has 0 aliphatic heterocycles. The van der Waals surface area contributed by atoms with Gasteiger partial charge in [-0.05, 0) is 43.4 Å². The van der Waals surface area contributed by atoms with Crippen molar-refractivity contribution >= 4 is 39.2 Å². The number of carbonyl (C=O) groups is 1. The van der Waals surface area contributed by atoms with Crippen LogP contribution >= 0.6 is 28.1 Å². The first-order chi connectivity index (χ1) is 8.52. The third-order valence-corrected chi connectivity index (χ3v) is 2.86. The molecule has 1 atom stereocenters. The Morgan fingerprint density at radius 2 is 1.94 bits per heavy atom. The lowest BCUT2D eigenvalue weighted by Gasteiger charge is -2.15. The molecule has 5 nitrogen and oxygen atoms in total. The van der Waals surface area contributed by atoms with Crippen molar-refractivity contribution in [2.75, 3.05) is 7.05 Å². The summed E-state index contributed by atoms with van der Waals surface area (Å²) >= 11 is 8.14. The SMILES string of the molecule is CNC(=S)NNC(=O)[C@@H](C)Oc1ccc(Br)cc1. The lowest BCUT2D eigenvalue weighted by molar-refractivity contribution is -0.127. The highest BCUT2D eigenvalue weighted by atomic mass is 79.9. The highest BCUT2D eigenvalue weighted by Crippen LogP contribution is 2.17. The van der Waals surface area contributed by atoms with E-state index in [1.807, 2.05) is 12.1 Å². The summed E-state index contributed by atoms with van der Waals surface area (Å²) in [5.41, 5.74) is 4.98. The molecule has 0 aliphatic carbocycles. The smallest absolute Gasteiger partial charge is 0.279 e. The van der Waals surface area contributed by atoms with E-state index in [4.69, 9.17) is 17.0 Å². The fraction of sp³-hybridized carbons (Fsp3) is 0.273. The maximum atomic E-state index is 11.6. The Balaban J connectivity index is 2.44. The van der Waals surface area contributed by atoms with Crippen LogP contribution in [0.25, 0.3) is 0 Å². The van der Waals surface area contributed by atoms with Crippen LogP contribution in [0, 0.1) is 0 Å². The van der Waals surface area contributed by atoms with Crippen LogP contribution in [-0.4, -0.2) is 24.2 Å². The molecule has 0 unspecified atom stereocenters. The van der Waals surface area contributed by atoms with E-state index in [2.05, 4.69) is 32.1 Å². The second-order valence-corrected chi connectivity index (χ2v) is 4.73. The third kappa shape index (κ3) is 4.89. The van der Waals surface area contributed by atoms with Gasteiger partial charge in [-0.25, -0.2) is 0 Å². The highest BCUT2D eigenvalue weighted by molar-refractivity contribution is 9.10. The van der Waals surface area contributed by atoms with Gasteiger partial charge in [0.25, 0.3) is 5.91 Å². The minimum atomic E-state index is -0.627. The minimum absolute atomic E-state index is 0.310. The molecule has 0 aromatic heterocycles. The predicted molar refractivity (Wildman–Crippen MR) is 77.2 cm³/mol. The summed E-state index contributed by atoms with van der Waals surface area (Å²) in [5.74, 6) is 0.313. The van der Waals surface area contributed by atoms with Crippen LogP contribution in [0.4, 0.5) is 0 Å². The van der Waals surface area contributed by atoms with Gasteiger partial charge in [-0.2, -0.15) is 0 Å². The van der Waals surface area contributed by atoms with Crippen molar-refractivity contribution in [1.29, 1.82) is 0 Å². The molecule has 0 heterocycles. The number of benzene rings is 1. The van der Waals surface area contributed by atoms with Crippen molar-refractivity contribution in [3.8, 4) is 5.75 Å². The fourth-order valence-electron chi connectivity index (χ4n) is 1.05. The molecule has 0 bridgehead atoms. The van der Waals surface area contributed by atoms with Gasteiger partial charge in [0.1, 0.15) is 5.75 Å². The number of carbonyl (C=O) groups excluding carboxylic acids is 1. The maximum absolute atomic E-state index is 11.6. The molecular formula is C11H14BrN3O2S. The fourth-order valence-corrected chi connectivity index (χ4v) is 1.37. The summed E-state index contributed by atoms with van der Waals surface area (Å²) in [4.78, 5) is 11.6. The van der Waals surface area contributed by atoms with Crippen LogP contribution in [0.3, 0.4) is 0 Å². The number of nitrogens with one attached hydrogen (secondary N) is 3. The van der Waals surface area contributed by atoms with E-state index in [0.29, 0.717) is 10.9 Å². The zero-order chi connectivity index (χ0) is 13.5. The molecule has 98 valence electrons. The molecule has 1 amide bonds. The average molecular weight is 332 g/mol. The van der Waals surface area contributed by atoms with Gasteiger partial charge in [-0.15, -0.1) is 0 Å². The molecule has 0 saturated heterocycles. The van der Waals surface area contributed by atoms with E-state index in [9.17, 15) is 4.79 Å². The van der Waals surface area contributed by atoms with Gasteiger partial charge in [-0.1, -0.05) is 15.9 Å². The van der Waals surface area contributed by atoms with Gasteiger partial charge in [0.15, 0.2) is 11.2 Å². The van der Waals surface area contributed by atoms with Crippen molar-refractivity contribution in [2.45, 2.75) is 13.0 Å². The monoisotopic (exact) mass is 331 g/mol. The summed E-state index contributed by atoms with van der Waals surface area (Å²) < 4.78 is 6.41. The van der Waals surface area contributed by atoms with E-state index < -0.39 is 6.10 Å². The summed E-state index contributed by atoms with van der Waals surface area (Å²) in [7, 11) is 1.66. The molecule has 3 N–H and O–H groups in total. The second kappa shape index (κ2) is 7.17. The van der Waals surface area contributed by atoms with Gasteiger partial charge >= 0.3 is 0 Å². The largest absolute Gasteiger partial charge is 0.481 e. The van der Waals surface area contributed by atoms with Gasteiger partial charge in [0.05, 0.1) is 0 Å². The number of rotatable bonds is 3. The lowest BCUT2D eigenvalue weighted by Crippen LogP contribution is -2.49. The van der Waals surface area contributed by atoms with E-state index in [1.54, 1.807) is 26.1 Å². The molecule has 7 heteroatoms. The Morgan fingerprint density at radius 1 is 1.33 bits per heavy atom. The van der Waals surface area contributed by atoms with Crippen molar-refractivity contribution in [1.82, 2.24) is 16.2 Å². The van der Waals surface area contributed by atoms with Crippen LogP contribution in [-0.2, 0) is 4.79 Å². The number of amides is 1. The first kappa shape index (κ1) is 14.7. The summed E-state index contributed by atoms with van der Waals surface area (Å²) in [6.07, 6.45) is -0.627. The van der Waals surface area contributed by atoms with Gasteiger partial charge in [-0.3, -0.25) is 15.6 Å². The molecule has 0 spiro atoms. The maximum Gasteiger partial charge on any atom is 0.279 e. The van der Waals surface area contributed by atoms with E-state index in [0.717, 1.165) is 4.47 Å². The molecule has 1 aromatic rings. The third-order valence-electron chi connectivity index (χ3n) is 2.02. The first-order valence-corrected chi connectivity index (χ1v) is 6.43. The van der Waals surface area contributed by atoms with Crippen LogP contribution in [0.1, 0.15) is 6.92 Å². The molecule has 0 fully saturated rings. The molecule has 0 saturated carbocycles. The second-order valence-electron chi connectivity index (χ2n) is 3.41. The van der Waals surface area contributed by atoms with Gasteiger partial charge < -0.3 is 10.1 Å². The zero-order valence-corrected chi connectivity index (χ0v) is 12.4. The lowest BCUT2D eigenvalue weighted by atomic mass is 10.3. The molecule has 0 aliphatic rings. The van der Waals surface area contributed by atoms with E-state index >= 15 is 0 Å². The molecule has 0 radical (unpaired) electrons. The molecular weight excluding hydrogens is 318 g/mol. The van der Waals surface area contributed by atoms with Crippen molar-refractivity contribution in [2.24, 2.45) is 0 Å². The summed E-state index contributed by atoms with van der Waals surface area (Å²) in [5, 5.41) is 3.01. The Kier molecular flexibility index (Phi) is 5.87. The van der Waals surface area contributed by atoms with Crippen molar-refractivity contribution < 1.29 is 9.53 Å². The number of hydrogen-bond donors (Lipinski definition) is 3. The van der Waals surface area contributed by atoms with Crippen LogP contribution in [0.2, 0.25) is 0 Å². The number of thiocarbonyl (C=S) groups is 1. The first-order valence-electron chi connectivity index (χ1n) is 5.22. The zero-order valence-electron chi connectivity index (χ0n) is 9.99. The van der Waals surface area contributed by atoms with E-state index in [1.165, 1.54) is 0 Å². The highest BCUT2D eigenvalue weighted by Gasteiger charge is 2.14. The summed E-state index contributed by atoms with van der Waals surface area (Å²) in [6.45, 7) is 1.65. The minimum Gasteiger partial charge on any atom is -0.481 e. The molecule has 1 rings (SSSR count). The average Bonchev–Trinajstić information content (AvgIpc) is 2.38. The normalized spacial score (nSPS) is 11.3. The number of ether oxygens (including phenoxy) is 1. The Morgan fingerprint density at radius 3 is 2.50 bits per heavy atom. The van der Waals surface area contributed by atoms with Crippen molar-refractivity contribution in [3.05, 3.63) is 28.7 Å². The Bertz CT molecular complexity index is 425. The standard InChI is InChI=1S/C11H14BrN3O2S/c1-7(10(16)14-15-11(18)13-2)17-9-5-3-8(12)4-6-9/h3-7H,1-2H3,(H,14,16)(H2,13,15,18)/t7-/m1/s1. The van der Waals surface area contributed by atoms with Gasteiger partial charge in [0.2, 0.25) is 0 Å². The van der Waals surface area contributed by atoms with Crippen LogP contribution in [0.15, 0.2) is 28.7 Å². The van der Waals surface area contributed by atoms with Crippen LogP contribution in [0.5, 0.6) is 5.75 Å². The Labute approximate surface area is 119 Å². The Hall–Kier alpha value is -1.34. The molecule has 18 heavy (non-hydrogen) atoms. The van der Waals surface area contributed by atoms with Gasteiger partial charge in [0, 0.05) is 11.5 Å². The number of hydrogen-bond acceptors (Lipinski definition) is 3. The number of halogens is 1. The number of hydrazine groups is 1. The topological polar surface area (TPSA) is 62.4 Å². The quantitative estimate of drug-likeness (QED) is 0.576. The van der Waals surface area contributed by atoms with E-state index in [-0.39, 0.29) is 5.91 Å². The predicted octanol–water partition coefficient (Wildman–Crippen LogP) is 1.34. The summed E-state index contributed by atoms with van der Waals surface area (Å²) in [6, 6.07) is 7.24.